The van der Waals surface area contributed by atoms with Crippen LogP contribution in [-0.4, -0.2) is 51.8 Å². The first-order valence-corrected chi connectivity index (χ1v) is 8.32. The highest BCUT2D eigenvalue weighted by Crippen LogP contribution is 2.26. The summed E-state index contributed by atoms with van der Waals surface area (Å²) in [5.74, 6) is -1.62. The normalized spacial score (nSPS) is 23.8. The van der Waals surface area contributed by atoms with Crippen LogP contribution in [0, 0.1) is 12.8 Å². The molecule has 0 saturated carbocycles. The Labute approximate surface area is 141 Å². The monoisotopic (exact) mass is 330 g/mol. The Hall–Kier alpha value is -2.37. The zero-order chi connectivity index (χ0) is 17.3. The lowest BCUT2D eigenvalue weighted by molar-refractivity contribution is -0.149. The van der Waals surface area contributed by atoms with Crippen LogP contribution in [0.3, 0.4) is 0 Å². The van der Waals surface area contributed by atoms with E-state index >= 15 is 0 Å². The summed E-state index contributed by atoms with van der Waals surface area (Å²) in [6.07, 6.45) is 1.37. The van der Waals surface area contributed by atoms with Crippen molar-refractivity contribution in [2.24, 2.45) is 5.92 Å². The summed E-state index contributed by atoms with van der Waals surface area (Å²) in [4.78, 5) is 39.3. The van der Waals surface area contributed by atoms with E-state index in [9.17, 15) is 19.5 Å². The number of hydrogen-bond donors (Lipinski definition) is 1. The number of aliphatic carboxylic acids is 1. The molecule has 1 aromatic carbocycles. The predicted molar refractivity (Wildman–Crippen MR) is 87.1 cm³/mol. The molecule has 3 rings (SSSR count). The Morgan fingerprint density at radius 2 is 1.96 bits per heavy atom. The maximum Gasteiger partial charge on any atom is 0.326 e. The molecular formula is C18H22N2O4. The van der Waals surface area contributed by atoms with Gasteiger partial charge in [-0.2, -0.15) is 0 Å². The molecule has 2 aliphatic heterocycles. The number of hydrogen-bond acceptors (Lipinski definition) is 3. The first-order valence-electron chi connectivity index (χ1n) is 8.32. The first kappa shape index (κ1) is 16.5. The summed E-state index contributed by atoms with van der Waals surface area (Å²) in [6.45, 7) is 3.34. The molecule has 1 N–H and O–H groups in total. The summed E-state index contributed by atoms with van der Waals surface area (Å²) in [5, 5.41) is 9.23. The van der Waals surface area contributed by atoms with Crippen LogP contribution in [0.25, 0.3) is 0 Å². The fraction of sp³-hybridized carbons (Fsp3) is 0.500. The van der Waals surface area contributed by atoms with Crippen molar-refractivity contribution in [2.75, 3.05) is 13.1 Å². The summed E-state index contributed by atoms with van der Waals surface area (Å²) in [6, 6.07) is 7.23. The van der Waals surface area contributed by atoms with E-state index in [-0.39, 0.29) is 18.2 Å². The van der Waals surface area contributed by atoms with Gasteiger partial charge in [0.05, 0.1) is 5.92 Å². The molecule has 2 aliphatic rings. The molecule has 0 aliphatic carbocycles. The van der Waals surface area contributed by atoms with Gasteiger partial charge < -0.3 is 14.9 Å². The van der Waals surface area contributed by atoms with Crippen molar-refractivity contribution in [3.8, 4) is 0 Å². The molecule has 0 aromatic heterocycles. The van der Waals surface area contributed by atoms with Crippen LogP contribution in [0.15, 0.2) is 24.3 Å². The van der Waals surface area contributed by atoms with E-state index in [0.29, 0.717) is 32.5 Å². The highest BCUT2D eigenvalue weighted by atomic mass is 16.4. The number of nitrogens with zero attached hydrogens (tertiary/aromatic N) is 2. The minimum absolute atomic E-state index is 0.0417. The van der Waals surface area contributed by atoms with Gasteiger partial charge in [0, 0.05) is 26.1 Å². The predicted octanol–water partition coefficient (Wildman–Crippen LogP) is 1.42. The number of carbonyl (C=O) groups excluding carboxylic acids is 2. The van der Waals surface area contributed by atoms with Crippen molar-refractivity contribution < 1.29 is 19.5 Å². The Balaban J connectivity index is 1.64. The van der Waals surface area contributed by atoms with Crippen molar-refractivity contribution in [1.82, 2.24) is 9.80 Å². The lowest BCUT2D eigenvalue weighted by Gasteiger charge is -2.24. The third-order valence-electron chi connectivity index (χ3n) is 4.88. The third kappa shape index (κ3) is 3.27. The molecule has 1 aromatic rings. The van der Waals surface area contributed by atoms with Gasteiger partial charge in [-0.1, -0.05) is 29.8 Å². The second kappa shape index (κ2) is 6.63. The van der Waals surface area contributed by atoms with Crippen LogP contribution in [0.4, 0.5) is 0 Å². The molecule has 0 bridgehead atoms. The zero-order valence-corrected chi connectivity index (χ0v) is 13.8. The molecule has 0 radical (unpaired) electrons. The minimum Gasteiger partial charge on any atom is -0.480 e. The molecule has 128 valence electrons. The molecule has 0 spiro atoms. The number of rotatable bonds is 4. The molecule has 6 heteroatoms. The van der Waals surface area contributed by atoms with Crippen LogP contribution in [0.5, 0.6) is 0 Å². The number of carbonyl (C=O) groups is 3. The summed E-state index contributed by atoms with van der Waals surface area (Å²) in [7, 11) is 0. The van der Waals surface area contributed by atoms with Gasteiger partial charge in [-0.05, 0) is 25.3 Å². The maximum absolute atomic E-state index is 12.6. The Morgan fingerprint density at radius 1 is 1.25 bits per heavy atom. The standard InChI is InChI=1S/C18H22N2O4/c1-12-4-6-13(7-5-12)10-19-11-14(9-16(19)21)17(22)20-8-2-3-15(20)18(23)24/h4-7,14-15H,2-3,8-11H2,1H3,(H,23,24)/t14?,15-/m0/s1. The second-order valence-corrected chi connectivity index (χ2v) is 6.69. The highest BCUT2D eigenvalue weighted by molar-refractivity contribution is 5.91. The highest BCUT2D eigenvalue weighted by Gasteiger charge is 2.41. The fourth-order valence-corrected chi connectivity index (χ4v) is 3.53. The van der Waals surface area contributed by atoms with Crippen LogP contribution in [-0.2, 0) is 20.9 Å². The number of aryl methyl sites for hydroxylation is 1. The van der Waals surface area contributed by atoms with Gasteiger partial charge in [0.25, 0.3) is 0 Å². The van der Waals surface area contributed by atoms with Crippen molar-refractivity contribution >= 4 is 17.8 Å². The maximum atomic E-state index is 12.6. The van der Waals surface area contributed by atoms with Crippen LogP contribution >= 0.6 is 0 Å². The second-order valence-electron chi connectivity index (χ2n) is 6.69. The van der Waals surface area contributed by atoms with Gasteiger partial charge in [-0.25, -0.2) is 4.79 Å². The molecule has 2 atom stereocenters. The third-order valence-corrected chi connectivity index (χ3v) is 4.88. The Bertz CT molecular complexity index is 655. The fourth-order valence-electron chi connectivity index (χ4n) is 3.53. The Kier molecular flexibility index (Phi) is 4.55. The number of likely N-dealkylation sites (tertiary alicyclic amines) is 2. The van der Waals surface area contributed by atoms with Gasteiger partial charge in [-0.3, -0.25) is 9.59 Å². The smallest absolute Gasteiger partial charge is 0.326 e. The molecular weight excluding hydrogens is 308 g/mol. The van der Waals surface area contributed by atoms with Crippen LogP contribution in [0.1, 0.15) is 30.4 Å². The Morgan fingerprint density at radius 3 is 2.62 bits per heavy atom. The molecule has 2 amide bonds. The summed E-state index contributed by atoms with van der Waals surface area (Å²) < 4.78 is 0. The molecule has 2 saturated heterocycles. The van der Waals surface area contributed by atoms with Crippen molar-refractivity contribution in [3.63, 3.8) is 0 Å². The average Bonchev–Trinajstić information content (AvgIpc) is 3.16. The van der Waals surface area contributed by atoms with Gasteiger partial charge in [0.1, 0.15) is 6.04 Å². The number of benzene rings is 1. The van der Waals surface area contributed by atoms with E-state index in [1.807, 2.05) is 31.2 Å². The topological polar surface area (TPSA) is 77.9 Å². The lowest BCUT2D eigenvalue weighted by Crippen LogP contribution is -2.44. The first-order chi connectivity index (χ1) is 11.5. The van der Waals surface area contributed by atoms with Gasteiger partial charge in [0.15, 0.2) is 0 Å². The van der Waals surface area contributed by atoms with Gasteiger partial charge in [-0.15, -0.1) is 0 Å². The van der Waals surface area contributed by atoms with E-state index in [1.54, 1.807) is 4.90 Å². The van der Waals surface area contributed by atoms with E-state index < -0.39 is 17.9 Å². The quantitative estimate of drug-likeness (QED) is 0.906. The van der Waals surface area contributed by atoms with Gasteiger partial charge >= 0.3 is 5.97 Å². The molecule has 6 nitrogen and oxygen atoms in total. The average molecular weight is 330 g/mol. The largest absolute Gasteiger partial charge is 0.480 e. The molecule has 2 fully saturated rings. The van der Waals surface area contributed by atoms with Gasteiger partial charge in [0.2, 0.25) is 11.8 Å². The summed E-state index contributed by atoms with van der Waals surface area (Å²) >= 11 is 0. The lowest BCUT2D eigenvalue weighted by atomic mass is 10.1. The number of amides is 2. The SMILES string of the molecule is Cc1ccc(CN2CC(C(=O)N3CCC[C@H]3C(=O)O)CC2=O)cc1. The van der Waals surface area contributed by atoms with E-state index in [1.165, 1.54) is 4.90 Å². The van der Waals surface area contributed by atoms with Crippen molar-refractivity contribution in [2.45, 2.75) is 38.8 Å². The minimum atomic E-state index is -0.957. The van der Waals surface area contributed by atoms with E-state index in [2.05, 4.69) is 0 Å². The number of carboxylic acids is 1. The van der Waals surface area contributed by atoms with Crippen LogP contribution in [0.2, 0.25) is 0 Å². The van der Waals surface area contributed by atoms with Crippen LogP contribution < -0.4 is 0 Å². The van der Waals surface area contributed by atoms with E-state index in [0.717, 1.165) is 11.1 Å². The van der Waals surface area contributed by atoms with E-state index in [4.69, 9.17) is 0 Å². The number of carboxylic acid groups (broad SMARTS) is 1. The molecule has 24 heavy (non-hydrogen) atoms. The van der Waals surface area contributed by atoms with Crippen molar-refractivity contribution in [3.05, 3.63) is 35.4 Å². The zero-order valence-electron chi connectivity index (χ0n) is 13.8. The molecule has 2 heterocycles. The summed E-state index contributed by atoms with van der Waals surface area (Å²) in [5.41, 5.74) is 2.19. The molecule has 1 unspecified atom stereocenters. The van der Waals surface area contributed by atoms with Crippen molar-refractivity contribution in [1.29, 1.82) is 0 Å².